The first-order valence-corrected chi connectivity index (χ1v) is 11.0. The van der Waals surface area contributed by atoms with Crippen molar-refractivity contribution in [2.75, 3.05) is 23.3 Å². The zero-order valence-electron chi connectivity index (χ0n) is 18.2. The van der Waals surface area contributed by atoms with Crippen molar-refractivity contribution in [3.05, 3.63) is 77.2 Å². The molecule has 1 aromatic heterocycles. The maximum absolute atomic E-state index is 13.9. The van der Waals surface area contributed by atoms with Crippen LogP contribution in [0, 0.1) is 17.1 Å². The molecule has 0 radical (unpaired) electrons. The molecule has 1 aliphatic heterocycles. The van der Waals surface area contributed by atoms with Crippen LogP contribution in [0.4, 0.5) is 21.8 Å². The zero-order valence-corrected chi connectivity index (χ0v) is 18.2. The Labute approximate surface area is 188 Å². The summed E-state index contributed by atoms with van der Waals surface area (Å²) in [6, 6.07) is 18.6. The molecular weight excluding hydrogens is 403 g/mol. The van der Waals surface area contributed by atoms with Gasteiger partial charge in [-0.15, -0.1) is 0 Å². The van der Waals surface area contributed by atoms with Gasteiger partial charge in [0.25, 0.3) is 0 Å². The van der Waals surface area contributed by atoms with Gasteiger partial charge in [0, 0.05) is 48.7 Å². The number of benzene rings is 2. The fourth-order valence-electron chi connectivity index (χ4n) is 3.91. The summed E-state index contributed by atoms with van der Waals surface area (Å²) in [7, 11) is 0. The molecule has 1 atom stereocenters. The Kier molecular flexibility index (Phi) is 6.93. The van der Waals surface area contributed by atoms with Crippen LogP contribution in [-0.2, 0) is 13.0 Å². The molecule has 1 saturated heterocycles. The van der Waals surface area contributed by atoms with E-state index in [4.69, 9.17) is 10.2 Å². The molecule has 1 aliphatic rings. The predicted molar refractivity (Wildman–Crippen MR) is 124 cm³/mol. The third-order valence-corrected chi connectivity index (χ3v) is 5.57. The molecule has 0 amide bonds. The van der Waals surface area contributed by atoms with Crippen molar-refractivity contribution in [3.8, 4) is 6.07 Å². The van der Waals surface area contributed by atoms with E-state index in [1.807, 2.05) is 24.3 Å². The summed E-state index contributed by atoms with van der Waals surface area (Å²) in [5.41, 5.74) is 3.04. The van der Waals surface area contributed by atoms with Crippen molar-refractivity contribution in [3.63, 3.8) is 0 Å². The van der Waals surface area contributed by atoms with Gasteiger partial charge in [0.2, 0.25) is 5.95 Å². The van der Waals surface area contributed by atoms with E-state index in [1.54, 1.807) is 18.2 Å². The van der Waals surface area contributed by atoms with Gasteiger partial charge in [0.15, 0.2) is 0 Å². The van der Waals surface area contributed by atoms with Crippen LogP contribution in [0.25, 0.3) is 0 Å². The molecule has 2 N–H and O–H groups in total. The van der Waals surface area contributed by atoms with E-state index in [9.17, 15) is 4.39 Å². The van der Waals surface area contributed by atoms with Crippen LogP contribution in [0.3, 0.4) is 0 Å². The lowest BCUT2D eigenvalue weighted by Crippen LogP contribution is -2.32. The quantitative estimate of drug-likeness (QED) is 0.546. The molecular formula is C25H27FN6. The fourth-order valence-corrected chi connectivity index (χ4v) is 3.91. The van der Waals surface area contributed by atoms with Crippen molar-refractivity contribution in [2.24, 2.45) is 0 Å². The number of halogens is 1. The highest BCUT2D eigenvalue weighted by Crippen LogP contribution is 2.23. The van der Waals surface area contributed by atoms with Crippen LogP contribution >= 0.6 is 0 Å². The van der Waals surface area contributed by atoms with Crippen LogP contribution in [-0.4, -0.2) is 29.1 Å². The summed E-state index contributed by atoms with van der Waals surface area (Å²) in [4.78, 5) is 11.7. The number of nitrogens with one attached hydrogen (secondary N) is 2. The van der Waals surface area contributed by atoms with Gasteiger partial charge < -0.3 is 15.5 Å². The van der Waals surface area contributed by atoms with Gasteiger partial charge in [-0.3, -0.25) is 0 Å². The molecule has 0 spiro atoms. The first-order valence-electron chi connectivity index (χ1n) is 11.0. The number of hydrogen-bond acceptors (Lipinski definition) is 6. The van der Waals surface area contributed by atoms with Gasteiger partial charge in [0.1, 0.15) is 11.6 Å². The summed E-state index contributed by atoms with van der Waals surface area (Å²) < 4.78 is 13.9. The number of nitrogens with zero attached hydrogens (tertiary/aromatic N) is 4. The predicted octanol–water partition coefficient (Wildman–Crippen LogP) is 4.55. The average Bonchev–Trinajstić information content (AvgIpc) is 3.28. The number of aryl methyl sites for hydroxylation is 1. The highest BCUT2D eigenvalue weighted by molar-refractivity contribution is 5.58. The van der Waals surface area contributed by atoms with Crippen LogP contribution < -0.4 is 15.5 Å². The summed E-state index contributed by atoms with van der Waals surface area (Å²) in [6.07, 6.45) is 2.83. The molecule has 6 nitrogen and oxygen atoms in total. The lowest BCUT2D eigenvalue weighted by molar-refractivity contribution is 0.529. The number of nitriles is 1. The summed E-state index contributed by atoms with van der Waals surface area (Å²) in [5.74, 6) is 1.24. The highest BCUT2D eigenvalue weighted by Gasteiger charge is 2.24. The molecule has 2 aromatic carbocycles. The van der Waals surface area contributed by atoms with E-state index < -0.39 is 0 Å². The van der Waals surface area contributed by atoms with E-state index in [1.165, 1.54) is 6.07 Å². The number of aromatic nitrogens is 2. The third kappa shape index (κ3) is 5.40. The van der Waals surface area contributed by atoms with Gasteiger partial charge >= 0.3 is 0 Å². The Morgan fingerprint density at radius 3 is 2.84 bits per heavy atom. The minimum atomic E-state index is -0.175. The normalized spacial score (nSPS) is 15.5. The van der Waals surface area contributed by atoms with Crippen molar-refractivity contribution in [2.45, 2.75) is 38.8 Å². The largest absolute Gasteiger partial charge is 0.355 e. The second kappa shape index (κ2) is 10.2. The average molecular weight is 431 g/mol. The number of hydrogen-bond donors (Lipinski definition) is 2. The molecule has 3 aromatic rings. The van der Waals surface area contributed by atoms with Crippen LogP contribution in [0.15, 0.2) is 54.6 Å². The van der Waals surface area contributed by atoms with Crippen molar-refractivity contribution in [1.82, 2.24) is 15.3 Å². The standard InChI is InChI=1S/C25H27FN6/c1-2-6-20-14-24(31-25(29-20)30-21-9-5-7-18(13-21)15-27)32-12-11-22(17-32)28-16-19-8-3-4-10-23(19)26/h3-5,7-10,13-14,22,28H,2,6,11-12,16-17H2,1H3,(H,29,30,31)/t22-/m0/s1. The van der Waals surface area contributed by atoms with Crippen LogP contribution in [0.5, 0.6) is 0 Å². The fraction of sp³-hybridized carbons (Fsp3) is 0.320. The van der Waals surface area contributed by atoms with Crippen LogP contribution in [0.1, 0.15) is 36.6 Å². The van der Waals surface area contributed by atoms with Crippen molar-refractivity contribution in [1.29, 1.82) is 5.26 Å². The molecule has 2 heterocycles. The lowest BCUT2D eigenvalue weighted by atomic mass is 10.2. The molecule has 1 fully saturated rings. The van der Waals surface area contributed by atoms with E-state index >= 15 is 0 Å². The van der Waals surface area contributed by atoms with Gasteiger partial charge in [-0.1, -0.05) is 37.6 Å². The smallest absolute Gasteiger partial charge is 0.229 e. The highest BCUT2D eigenvalue weighted by atomic mass is 19.1. The molecule has 4 rings (SSSR count). The molecule has 0 aliphatic carbocycles. The number of rotatable bonds is 8. The summed E-state index contributed by atoms with van der Waals surface area (Å²) in [6.45, 7) is 4.32. The molecule has 32 heavy (non-hydrogen) atoms. The van der Waals surface area contributed by atoms with E-state index in [0.717, 1.165) is 49.6 Å². The van der Waals surface area contributed by atoms with E-state index in [0.29, 0.717) is 23.6 Å². The Morgan fingerprint density at radius 1 is 1.16 bits per heavy atom. The third-order valence-electron chi connectivity index (χ3n) is 5.57. The van der Waals surface area contributed by atoms with Crippen molar-refractivity contribution >= 4 is 17.5 Å². The van der Waals surface area contributed by atoms with Crippen molar-refractivity contribution < 1.29 is 4.39 Å². The van der Waals surface area contributed by atoms with Gasteiger partial charge in [-0.2, -0.15) is 10.2 Å². The second-order valence-electron chi connectivity index (χ2n) is 8.01. The zero-order chi connectivity index (χ0) is 22.3. The SMILES string of the molecule is CCCc1cc(N2CC[C@H](NCc3ccccc3F)C2)nc(Nc2cccc(C#N)c2)n1. The second-order valence-corrected chi connectivity index (χ2v) is 8.01. The van der Waals surface area contributed by atoms with Crippen LogP contribution in [0.2, 0.25) is 0 Å². The first kappa shape index (κ1) is 21.7. The first-order chi connectivity index (χ1) is 15.6. The van der Waals surface area contributed by atoms with Gasteiger partial charge in [0.05, 0.1) is 11.6 Å². The number of anilines is 3. The molecule has 0 bridgehead atoms. The maximum Gasteiger partial charge on any atom is 0.229 e. The minimum Gasteiger partial charge on any atom is -0.355 e. The Hall–Kier alpha value is -3.50. The topological polar surface area (TPSA) is 76.9 Å². The molecule has 7 heteroatoms. The Morgan fingerprint density at radius 2 is 2.03 bits per heavy atom. The summed E-state index contributed by atoms with van der Waals surface area (Å²) in [5, 5.41) is 15.9. The van der Waals surface area contributed by atoms with E-state index in [-0.39, 0.29) is 11.9 Å². The molecule has 164 valence electrons. The van der Waals surface area contributed by atoms with Gasteiger partial charge in [-0.25, -0.2) is 9.37 Å². The minimum absolute atomic E-state index is 0.175. The molecule has 0 saturated carbocycles. The Balaban J connectivity index is 1.46. The Bertz CT molecular complexity index is 1110. The van der Waals surface area contributed by atoms with E-state index in [2.05, 4.69) is 39.6 Å². The summed E-state index contributed by atoms with van der Waals surface area (Å²) >= 11 is 0. The lowest BCUT2D eigenvalue weighted by Gasteiger charge is -2.20. The molecule has 0 unspecified atom stereocenters. The van der Waals surface area contributed by atoms with Gasteiger partial charge in [-0.05, 0) is 37.1 Å². The maximum atomic E-state index is 13.9. The monoisotopic (exact) mass is 430 g/mol.